The summed E-state index contributed by atoms with van der Waals surface area (Å²) in [5.74, 6) is 0.436. The molecule has 1 heterocycles. The zero-order valence-corrected chi connectivity index (χ0v) is 16.0. The van der Waals surface area contributed by atoms with Crippen molar-refractivity contribution in [2.75, 3.05) is 13.1 Å². The third-order valence-corrected chi connectivity index (χ3v) is 5.91. The smallest absolute Gasteiger partial charge is 0.0772 e. The zero-order chi connectivity index (χ0) is 18.8. The van der Waals surface area contributed by atoms with Gasteiger partial charge in [-0.3, -0.25) is 0 Å². The Bertz CT molecular complexity index is 1100. The molecule has 0 amide bonds. The van der Waals surface area contributed by atoms with E-state index in [1.54, 1.807) is 0 Å². The van der Waals surface area contributed by atoms with Crippen molar-refractivity contribution in [3.8, 4) is 0 Å². The van der Waals surface area contributed by atoms with E-state index < -0.39 is 0 Å². The monoisotopic (exact) mass is 367 g/mol. The first kappa shape index (κ1) is 17.4. The van der Waals surface area contributed by atoms with E-state index in [9.17, 15) is 0 Å². The molecule has 0 aliphatic carbocycles. The summed E-state index contributed by atoms with van der Waals surface area (Å²) in [7, 11) is 0. The minimum atomic E-state index is 0.196. The van der Waals surface area contributed by atoms with Crippen molar-refractivity contribution in [2.24, 2.45) is 0 Å². The van der Waals surface area contributed by atoms with Crippen LogP contribution in [0.3, 0.4) is 0 Å². The summed E-state index contributed by atoms with van der Waals surface area (Å²) in [5.41, 5.74) is 2.63. The standard InChI is InChI=1S/C26H25NO/c1-3-7-22-15-19(9-10-20(22)5-1)18-28-26-17-27-14-13-25(26)24-12-11-21-6-2-4-8-23(21)16-24/h1-12,15-16,25-27H,13-14,17-18H2. The predicted molar refractivity (Wildman–Crippen MR) is 117 cm³/mol. The van der Waals surface area contributed by atoms with Crippen LogP contribution in [0.4, 0.5) is 0 Å². The molecule has 1 aliphatic heterocycles. The number of piperidine rings is 1. The van der Waals surface area contributed by atoms with Crippen molar-refractivity contribution in [3.63, 3.8) is 0 Å². The maximum atomic E-state index is 6.43. The lowest BCUT2D eigenvalue weighted by molar-refractivity contribution is 0.0107. The topological polar surface area (TPSA) is 21.3 Å². The fourth-order valence-electron chi connectivity index (χ4n) is 4.36. The maximum Gasteiger partial charge on any atom is 0.0772 e. The van der Waals surface area contributed by atoms with E-state index in [2.05, 4.69) is 90.2 Å². The van der Waals surface area contributed by atoms with Crippen LogP contribution in [0.25, 0.3) is 21.5 Å². The van der Waals surface area contributed by atoms with Gasteiger partial charge in [-0.05, 0) is 51.7 Å². The molecule has 2 atom stereocenters. The lowest BCUT2D eigenvalue weighted by atomic mass is 9.86. The van der Waals surface area contributed by atoms with Crippen molar-refractivity contribution in [2.45, 2.75) is 25.0 Å². The third-order valence-electron chi connectivity index (χ3n) is 5.91. The fourth-order valence-corrected chi connectivity index (χ4v) is 4.36. The highest BCUT2D eigenvalue weighted by molar-refractivity contribution is 5.83. The summed E-state index contributed by atoms with van der Waals surface area (Å²) in [6, 6.07) is 30.6. The average molecular weight is 367 g/mol. The highest BCUT2D eigenvalue weighted by Gasteiger charge is 2.27. The van der Waals surface area contributed by atoms with Gasteiger partial charge in [-0.25, -0.2) is 0 Å². The molecule has 4 aromatic rings. The molecular formula is C26H25NO. The Kier molecular flexibility index (Phi) is 4.82. The number of hydrogen-bond acceptors (Lipinski definition) is 2. The normalized spacial score (nSPS) is 19.9. The number of rotatable bonds is 4. The van der Waals surface area contributed by atoms with Crippen molar-refractivity contribution in [1.82, 2.24) is 5.32 Å². The van der Waals surface area contributed by atoms with Crippen LogP contribution in [-0.4, -0.2) is 19.2 Å². The Balaban J connectivity index is 1.36. The largest absolute Gasteiger partial charge is 0.372 e. The van der Waals surface area contributed by atoms with Gasteiger partial charge < -0.3 is 10.1 Å². The Morgan fingerprint density at radius 1 is 0.750 bits per heavy atom. The van der Waals surface area contributed by atoms with Gasteiger partial charge in [0.05, 0.1) is 12.7 Å². The summed E-state index contributed by atoms with van der Waals surface area (Å²) in [5, 5.41) is 8.68. The average Bonchev–Trinajstić information content (AvgIpc) is 2.77. The Hall–Kier alpha value is -2.68. The van der Waals surface area contributed by atoms with Gasteiger partial charge in [0, 0.05) is 12.5 Å². The van der Waals surface area contributed by atoms with Crippen LogP contribution in [0.15, 0.2) is 84.9 Å². The lowest BCUT2D eigenvalue weighted by Crippen LogP contribution is -2.40. The number of ether oxygens (including phenoxy) is 1. The highest BCUT2D eigenvalue weighted by atomic mass is 16.5. The van der Waals surface area contributed by atoms with E-state index in [0.29, 0.717) is 12.5 Å². The lowest BCUT2D eigenvalue weighted by Gasteiger charge is -2.32. The molecule has 140 valence electrons. The van der Waals surface area contributed by atoms with Crippen molar-refractivity contribution in [3.05, 3.63) is 96.1 Å². The van der Waals surface area contributed by atoms with Crippen molar-refractivity contribution in [1.29, 1.82) is 0 Å². The molecule has 1 saturated heterocycles. The second-order valence-corrected chi connectivity index (χ2v) is 7.74. The van der Waals surface area contributed by atoms with E-state index in [1.807, 2.05) is 0 Å². The second kappa shape index (κ2) is 7.75. The third kappa shape index (κ3) is 3.54. The van der Waals surface area contributed by atoms with Gasteiger partial charge in [0.25, 0.3) is 0 Å². The van der Waals surface area contributed by atoms with Crippen LogP contribution in [0, 0.1) is 0 Å². The van der Waals surface area contributed by atoms with Crippen LogP contribution >= 0.6 is 0 Å². The molecule has 0 radical (unpaired) electrons. The Morgan fingerprint density at radius 3 is 2.21 bits per heavy atom. The SMILES string of the molecule is c1ccc2cc(COC3CNCCC3c3ccc4ccccc4c3)ccc2c1. The van der Waals surface area contributed by atoms with Crippen LogP contribution < -0.4 is 5.32 Å². The Labute approximate surface area is 166 Å². The first-order valence-electron chi connectivity index (χ1n) is 10.2. The van der Waals surface area contributed by atoms with E-state index in [-0.39, 0.29) is 6.10 Å². The van der Waals surface area contributed by atoms with Gasteiger partial charge in [-0.15, -0.1) is 0 Å². The van der Waals surface area contributed by atoms with E-state index in [1.165, 1.54) is 32.7 Å². The molecule has 28 heavy (non-hydrogen) atoms. The van der Waals surface area contributed by atoms with Crippen LogP contribution in [0.2, 0.25) is 0 Å². The first-order chi connectivity index (χ1) is 13.9. The number of fused-ring (bicyclic) bond motifs is 2. The van der Waals surface area contributed by atoms with Gasteiger partial charge >= 0.3 is 0 Å². The molecule has 5 rings (SSSR count). The summed E-state index contributed by atoms with van der Waals surface area (Å²) in [4.78, 5) is 0. The minimum Gasteiger partial charge on any atom is -0.372 e. The molecule has 0 bridgehead atoms. The van der Waals surface area contributed by atoms with Crippen molar-refractivity contribution < 1.29 is 4.74 Å². The van der Waals surface area contributed by atoms with Crippen LogP contribution in [0.5, 0.6) is 0 Å². The number of hydrogen-bond donors (Lipinski definition) is 1. The molecule has 2 heteroatoms. The maximum absolute atomic E-state index is 6.43. The molecule has 1 fully saturated rings. The first-order valence-corrected chi connectivity index (χ1v) is 10.2. The molecule has 1 N–H and O–H groups in total. The van der Waals surface area contributed by atoms with Gasteiger partial charge in [0.1, 0.15) is 0 Å². The minimum absolute atomic E-state index is 0.196. The van der Waals surface area contributed by atoms with Gasteiger partial charge in [-0.1, -0.05) is 78.9 Å². The molecule has 4 aromatic carbocycles. The number of benzene rings is 4. The van der Waals surface area contributed by atoms with E-state index in [0.717, 1.165) is 19.5 Å². The van der Waals surface area contributed by atoms with Crippen molar-refractivity contribution >= 4 is 21.5 Å². The molecular weight excluding hydrogens is 342 g/mol. The highest BCUT2D eigenvalue weighted by Crippen LogP contribution is 2.31. The molecule has 2 nitrogen and oxygen atoms in total. The molecule has 0 saturated carbocycles. The molecule has 1 aliphatic rings. The number of nitrogens with one attached hydrogen (secondary N) is 1. The second-order valence-electron chi connectivity index (χ2n) is 7.74. The van der Waals surface area contributed by atoms with Gasteiger partial charge in [0.15, 0.2) is 0 Å². The van der Waals surface area contributed by atoms with Gasteiger partial charge in [-0.2, -0.15) is 0 Å². The zero-order valence-electron chi connectivity index (χ0n) is 16.0. The van der Waals surface area contributed by atoms with Gasteiger partial charge in [0.2, 0.25) is 0 Å². The fraction of sp³-hybridized carbons (Fsp3) is 0.231. The summed E-state index contributed by atoms with van der Waals surface area (Å²) in [6.07, 6.45) is 1.31. The van der Waals surface area contributed by atoms with E-state index >= 15 is 0 Å². The predicted octanol–water partition coefficient (Wildman–Crippen LogP) is 5.66. The van der Waals surface area contributed by atoms with Crippen LogP contribution in [0.1, 0.15) is 23.5 Å². The van der Waals surface area contributed by atoms with Crippen LogP contribution in [-0.2, 0) is 11.3 Å². The van der Waals surface area contributed by atoms with E-state index in [4.69, 9.17) is 4.74 Å². The summed E-state index contributed by atoms with van der Waals surface area (Å²) < 4.78 is 6.43. The molecule has 2 unspecified atom stereocenters. The molecule has 0 spiro atoms. The summed E-state index contributed by atoms with van der Waals surface area (Å²) in [6.45, 7) is 2.61. The molecule has 0 aromatic heterocycles. The quantitative estimate of drug-likeness (QED) is 0.503. The summed E-state index contributed by atoms with van der Waals surface area (Å²) >= 11 is 0. The Morgan fingerprint density at radius 2 is 1.43 bits per heavy atom.